The number of para-hydroxylation sites is 1. The summed E-state index contributed by atoms with van der Waals surface area (Å²) in [4.78, 5) is 26.3. The molecule has 0 radical (unpaired) electrons. The van der Waals surface area contributed by atoms with Crippen LogP contribution in [0.3, 0.4) is 0 Å². The number of nitrogens with zero attached hydrogens (tertiary/aromatic N) is 1. The summed E-state index contributed by atoms with van der Waals surface area (Å²) in [6, 6.07) is 8.01. The fourth-order valence-corrected chi connectivity index (χ4v) is 3.31. The van der Waals surface area contributed by atoms with Crippen molar-refractivity contribution in [3.63, 3.8) is 0 Å². The fraction of sp³-hybridized carbons (Fsp3) is 0.500. The first-order valence-electron chi connectivity index (χ1n) is 7.42. The van der Waals surface area contributed by atoms with E-state index in [-0.39, 0.29) is 36.7 Å². The highest BCUT2D eigenvalue weighted by Crippen LogP contribution is 2.41. The van der Waals surface area contributed by atoms with Gasteiger partial charge < -0.3 is 15.0 Å². The average molecular weight is 325 g/mol. The van der Waals surface area contributed by atoms with Crippen molar-refractivity contribution in [3.05, 3.63) is 29.8 Å². The van der Waals surface area contributed by atoms with Gasteiger partial charge in [-0.05, 0) is 37.6 Å². The third-order valence-corrected chi connectivity index (χ3v) is 4.38. The molecule has 1 unspecified atom stereocenters. The number of amides is 1. The Balaban J connectivity index is 0.00000176. The summed E-state index contributed by atoms with van der Waals surface area (Å²) >= 11 is 0. The van der Waals surface area contributed by atoms with Crippen LogP contribution in [0.2, 0.25) is 0 Å². The zero-order valence-electron chi connectivity index (χ0n) is 12.6. The molecule has 2 aliphatic heterocycles. The number of nitrogens with one attached hydrogen (secondary N) is 1. The van der Waals surface area contributed by atoms with E-state index in [1.54, 1.807) is 0 Å². The molecule has 1 N–H and O–H groups in total. The molecule has 1 amide bonds. The molecule has 0 saturated carbocycles. The molecule has 6 heteroatoms. The molecule has 1 saturated heterocycles. The molecular formula is C16H21ClN2O3. The van der Waals surface area contributed by atoms with Crippen molar-refractivity contribution in [2.75, 3.05) is 25.1 Å². The van der Waals surface area contributed by atoms with Crippen LogP contribution in [0.4, 0.5) is 5.69 Å². The third kappa shape index (κ3) is 2.96. The molecule has 120 valence electrons. The second-order valence-electron chi connectivity index (χ2n) is 5.58. The lowest BCUT2D eigenvalue weighted by atomic mass is 9.97. The zero-order valence-corrected chi connectivity index (χ0v) is 13.4. The van der Waals surface area contributed by atoms with Gasteiger partial charge in [-0.25, -0.2) is 0 Å². The van der Waals surface area contributed by atoms with Gasteiger partial charge >= 0.3 is 5.97 Å². The molecule has 5 nitrogen and oxygen atoms in total. The van der Waals surface area contributed by atoms with Crippen molar-refractivity contribution in [1.29, 1.82) is 0 Å². The molecule has 0 bridgehead atoms. The number of rotatable bonds is 3. The summed E-state index contributed by atoms with van der Waals surface area (Å²) in [5.74, 6) is -0.702. The van der Waals surface area contributed by atoms with E-state index in [4.69, 9.17) is 4.74 Å². The van der Waals surface area contributed by atoms with Crippen LogP contribution in [-0.4, -0.2) is 38.1 Å². The number of anilines is 1. The van der Waals surface area contributed by atoms with Crippen LogP contribution in [-0.2, 0) is 14.3 Å². The molecule has 0 aliphatic carbocycles. The maximum absolute atomic E-state index is 12.8. The highest BCUT2D eigenvalue weighted by molar-refractivity contribution is 6.06. The summed E-state index contributed by atoms with van der Waals surface area (Å²) in [5.41, 5.74) is 1.91. The lowest BCUT2D eigenvalue weighted by molar-refractivity contribution is -0.142. The Morgan fingerprint density at radius 3 is 2.68 bits per heavy atom. The van der Waals surface area contributed by atoms with Gasteiger partial charge in [0.25, 0.3) is 0 Å². The molecule has 2 heterocycles. The SMILES string of the molecule is COC(=O)CC1C(=O)N(C2CCNCC2)c2ccccc21.Cl. The second kappa shape index (κ2) is 7.11. The minimum absolute atomic E-state index is 0. The van der Waals surface area contributed by atoms with Gasteiger partial charge in [-0.3, -0.25) is 9.59 Å². The third-order valence-electron chi connectivity index (χ3n) is 4.38. The Labute approximate surface area is 136 Å². The molecular weight excluding hydrogens is 304 g/mol. The highest BCUT2D eigenvalue weighted by Gasteiger charge is 2.41. The van der Waals surface area contributed by atoms with Crippen LogP contribution in [0.1, 0.15) is 30.7 Å². The van der Waals surface area contributed by atoms with Crippen molar-refractivity contribution in [2.24, 2.45) is 0 Å². The van der Waals surface area contributed by atoms with Crippen LogP contribution >= 0.6 is 12.4 Å². The molecule has 1 atom stereocenters. The Morgan fingerprint density at radius 1 is 1.32 bits per heavy atom. The van der Waals surface area contributed by atoms with E-state index in [1.165, 1.54) is 7.11 Å². The first-order chi connectivity index (χ1) is 10.2. The Hall–Kier alpha value is -1.59. The minimum atomic E-state index is -0.400. The number of hydrogen-bond acceptors (Lipinski definition) is 4. The molecule has 1 aromatic carbocycles. The van der Waals surface area contributed by atoms with E-state index in [0.717, 1.165) is 37.2 Å². The summed E-state index contributed by atoms with van der Waals surface area (Å²) in [7, 11) is 1.36. The number of benzene rings is 1. The second-order valence-corrected chi connectivity index (χ2v) is 5.58. The largest absolute Gasteiger partial charge is 0.469 e. The first-order valence-corrected chi connectivity index (χ1v) is 7.42. The van der Waals surface area contributed by atoms with Crippen molar-refractivity contribution >= 4 is 30.0 Å². The lowest BCUT2D eigenvalue weighted by Gasteiger charge is -2.32. The summed E-state index contributed by atoms with van der Waals surface area (Å²) in [6.07, 6.45) is 2.02. The predicted octanol–water partition coefficient (Wildman–Crippen LogP) is 1.85. The Morgan fingerprint density at radius 2 is 2.00 bits per heavy atom. The molecule has 2 aliphatic rings. The van der Waals surface area contributed by atoms with E-state index in [2.05, 4.69) is 5.32 Å². The molecule has 0 aromatic heterocycles. The number of piperidine rings is 1. The number of methoxy groups -OCH3 is 1. The quantitative estimate of drug-likeness (QED) is 0.862. The zero-order chi connectivity index (χ0) is 14.8. The fourth-order valence-electron chi connectivity index (χ4n) is 3.31. The lowest BCUT2D eigenvalue weighted by Crippen LogP contribution is -2.45. The van der Waals surface area contributed by atoms with Crippen molar-refractivity contribution in [3.8, 4) is 0 Å². The van der Waals surface area contributed by atoms with Crippen molar-refractivity contribution < 1.29 is 14.3 Å². The van der Waals surface area contributed by atoms with Crippen molar-refractivity contribution in [2.45, 2.75) is 31.2 Å². The number of fused-ring (bicyclic) bond motifs is 1. The average Bonchev–Trinajstić information content (AvgIpc) is 2.80. The van der Waals surface area contributed by atoms with Gasteiger partial charge in [-0.15, -0.1) is 12.4 Å². The standard InChI is InChI=1S/C16H20N2O3.ClH/c1-21-15(19)10-13-12-4-2-3-5-14(12)18(16(13)20)11-6-8-17-9-7-11;/h2-5,11,13,17H,6-10H2,1H3;1H. The van der Waals surface area contributed by atoms with Gasteiger partial charge in [-0.2, -0.15) is 0 Å². The van der Waals surface area contributed by atoms with Gasteiger partial charge in [0.05, 0.1) is 19.4 Å². The number of carbonyl (C=O) groups excluding carboxylic acids is 2. The summed E-state index contributed by atoms with van der Waals surface area (Å²) < 4.78 is 4.74. The number of hydrogen-bond donors (Lipinski definition) is 1. The minimum Gasteiger partial charge on any atom is -0.469 e. The van der Waals surface area contributed by atoms with E-state index in [0.29, 0.717) is 0 Å². The smallest absolute Gasteiger partial charge is 0.306 e. The van der Waals surface area contributed by atoms with Crippen LogP contribution in [0.5, 0.6) is 0 Å². The molecule has 1 aromatic rings. The molecule has 1 fully saturated rings. The Bertz CT molecular complexity index is 558. The normalized spacial score (nSPS) is 21.2. The number of carbonyl (C=O) groups is 2. The first kappa shape index (κ1) is 16.8. The molecule has 0 spiro atoms. The summed E-state index contributed by atoms with van der Waals surface area (Å²) in [6.45, 7) is 1.86. The topological polar surface area (TPSA) is 58.6 Å². The van der Waals surface area contributed by atoms with Gasteiger partial charge in [0.2, 0.25) is 5.91 Å². The maximum atomic E-state index is 12.8. The van der Waals surface area contributed by atoms with Crippen molar-refractivity contribution in [1.82, 2.24) is 5.32 Å². The highest BCUT2D eigenvalue weighted by atomic mass is 35.5. The number of esters is 1. The predicted molar refractivity (Wildman–Crippen MR) is 86.4 cm³/mol. The Kier molecular flexibility index (Phi) is 5.42. The van der Waals surface area contributed by atoms with Gasteiger partial charge in [0.1, 0.15) is 0 Å². The molecule has 3 rings (SSSR count). The molecule has 22 heavy (non-hydrogen) atoms. The van der Waals surface area contributed by atoms with E-state index >= 15 is 0 Å². The number of halogens is 1. The van der Waals surface area contributed by atoms with Gasteiger partial charge in [-0.1, -0.05) is 18.2 Å². The monoisotopic (exact) mass is 324 g/mol. The van der Waals surface area contributed by atoms with Crippen LogP contribution in [0.25, 0.3) is 0 Å². The van der Waals surface area contributed by atoms with Gasteiger partial charge in [0.15, 0.2) is 0 Å². The summed E-state index contributed by atoms with van der Waals surface area (Å²) in [5, 5.41) is 3.32. The maximum Gasteiger partial charge on any atom is 0.306 e. The van der Waals surface area contributed by atoms with Crippen LogP contribution in [0.15, 0.2) is 24.3 Å². The van der Waals surface area contributed by atoms with E-state index in [1.807, 2.05) is 29.2 Å². The van der Waals surface area contributed by atoms with Crippen LogP contribution < -0.4 is 10.2 Å². The number of ether oxygens (including phenoxy) is 1. The van der Waals surface area contributed by atoms with E-state index < -0.39 is 5.92 Å². The van der Waals surface area contributed by atoms with Crippen LogP contribution in [0, 0.1) is 0 Å². The van der Waals surface area contributed by atoms with E-state index in [9.17, 15) is 9.59 Å². The van der Waals surface area contributed by atoms with Gasteiger partial charge in [0, 0.05) is 11.7 Å².